The highest BCUT2D eigenvalue weighted by Gasteiger charge is 2.07. The van der Waals surface area contributed by atoms with Gasteiger partial charge in [0.2, 0.25) is 0 Å². The van der Waals surface area contributed by atoms with E-state index in [0.29, 0.717) is 26.4 Å². The maximum atomic E-state index is 5.62. The third kappa shape index (κ3) is 14.3. The van der Waals surface area contributed by atoms with E-state index in [1.54, 1.807) is 7.11 Å². The predicted molar refractivity (Wildman–Crippen MR) is 84.2 cm³/mol. The van der Waals surface area contributed by atoms with E-state index in [1.165, 1.54) is 12.8 Å². The van der Waals surface area contributed by atoms with E-state index >= 15 is 0 Å². The van der Waals surface area contributed by atoms with E-state index < -0.39 is 0 Å². The summed E-state index contributed by atoms with van der Waals surface area (Å²) in [5, 5.41) is 3.55. The molecule has 122 valence electrons. The summed E-state index contributed by atoms with van der Waals surface area (Å²) in [4.78, 5) is 0. The SMILES string of the molecule is CCCC(CCOCCOCCOC)CNCC(C)C. The first-order valence-electron chi connectivity index (χ1n) is 8.05. The van der Waals surface area contributed by atoms with Crippen LogP contribution in [0.25, 0.3) is 0 Å². The van der Waals surface area contributed by atoms with Crippen LogP contribution in [0.3, 0.4) is 0 Å². The summed E-state index contributed by atoms with van der Waals surface area (Å²) in [7, 11) is 1.68. The Morgan fingerprint density at radius 3 is 2.10 bits per heavy atom. The highest BCUT2D eigenvalue weighted by atomic mass is 16.5. The Bertz CT molecular complexity index is 189. The Hall–Kier alpha value is -0.160. The minimum absolute atomic E-state index is 0.650. The summed E-state index contributed by atoms with van der Waals surface area (Å²) >= 11 is 0. The van der Waals surface area contributed by atoms with Crippen molar-refractivity contribution in [3.8, 4) is 0 Å². The zero-order chi connectivity index (χ0) is 15.1. The highest BCUT2D eigenvalue weighted by molar-refractivity contribution is 4.63. The van der Waals surface area contributed by atoms with Crippen molar-refractivity contribution in [1.82, 2.24) is 5.32 Å². The van der Waals surface area contributed by atoms with Gasteiger partial charge in [-0.15, -0.1) is 0 Å². The third-order valence-electron chi connectivity index (χ3n) is 3.16. The summed E-state index contributed by atoms with van der Waals surface area (Å²) in [5.74, 6) is 1.45. The zero-order valence-corrected chi connectivity index (χ0v) is 14.0. The molecule has 0 saturated heterocycles. The van der Waals surface area contributed by atoms with E-state index in [1.807, 2.05) is 0 Å². The van der Waals surface area contributed by atoms with Gasteiger partial charge in [-0.3, -0.25) is 0 Å². The molecule has 20 heavy (non-hydrogen) atoms. The molecular weight excluding hydrogens is 254 g/mol. The van der Waals surface area contributed by atoms with Gasteiger partial charge in [-0.25, -0.2) is 0 Å². The molecule has 0 aromatic carbocycles. The Labute approximate surface area is 125 Å². The molecule has 0 amide bonds. The maximum absolute atomic E-state index is 5.62. The second-order valence-corrected chi connectivity index (χ2v) is 5.71. The van der Waals surface area contributed by atoms with E-state index in [0.717, 1.165) is 38.0 Å². The quantitative estimate of drug-likeness (QED) is 0.471. The summed E-state index contributed by atoms with van der Waals surface area (Å²) in [5.41, 5.74) is 0. The van der Waals surface area contributed by atoms with Crippen LogP contribution in [0.1, 0.15) is 40.0 Å². The zero-order valence-electron chi connectivity index (χ0n) is 14.0. The first-order chi connectivity index (χ1) is 9.70. The van der Waals surface area contributed by atoms with Crippen LogP contribution in [0.4, 0.5) is 0 Å². The second kappa shape index (κ2) is 15.2. The van der Waals surface area contributed by atoms with Crippen LogP contribution in [0, 0.1) is 11.8 Å². The van der Waals surface area contributed by atoms with Crippen LogP contribution in [0.2, 0.25) is 0 Å². The van der Waals surface area contributed by atoms with Gasteiger partial charge in [-0.1, -0.05) is 27.2 Å². The van der Waals surface area contributed by atoms with Crippen LogP contribution in [-0.4, -0.2) is 53.2 Å². The molecule has 0 aromatic heterocycles. The van der Waals surface area contributed by atoms with Gasteiger partial charge in [0.1, 0.15) is 0 Å². The minimum atomic E-state index is 0.650. The molecular formula is C16H35NO3. The van der Waals surface area contributed by atoms with Crippen molar-refractivity contribution in [2.75, 3.05) is 53.2 Å². The molecule has 4 heteroatoms. The van der Waals surface area contributed by atoms with Crippen LogP contribution >= 0.6 is 0 Å². The number of methoxy groups -OCH3 is 1. The molecule has 0 rings (SSSR count). The smallest absolute Gasteiger partial charge is 0.0701 e. The van der Waals surface area contributed by atoms with E-state index in [9.17, 15) is 0 Å². The van der Waals surface area contributed by atoms with Crippen LogP contribution in [-0.2, 0) is 14.2 Å². The summed E-state index contributed by atoms with van der Waals surface area (Å²) in [6.07, 6.45) is 3.66. The summed E-state index contributed by atoms with van der Waals surface area (Å²) in [6, 6.07) is 0. The molecule has 0 spiro atoms. The molecule has 4 nitrogen and oxygen atoms in total. The summed E-state index contributed by atoms with van der Waals surface area (Å²) < 4.78 is 15.9. The number of nitrogens with one attached hydrogen (secondary N) is 1. The molecule has 0 bridgehead atoms. The average molecular weight is 289 g/mol. The first-order valence-corrected chi connectivity index (χ1v) is 8.05. The fraction of sp³-hybridized carbons (Fsp3) is 1.00. The van der Waals surface area contributed by atoms with Crippen LogP contribution < -0.4 is 5.32 Å². The van der Waals surface area contributed by atoms with Gasteiger partial charge in [0.15, 0.2) is 0 Å². The van der Waals surface area contributed by atoms with Gasteiger partial charge in [0.25, 0.3) is 0 Å². The Balaban J connectivity index is 3.45. The molecule has 0 heterocycles. The van der Waals surface area contributed by atoms with E-state index in [2.05, 4.69) is 26.1 Å². The third-order valence-corrected chi connectivity index (χ3v) is 3.16. The molecule has 1 atom stereocenters. The molecule has 0 aromatic rings. The highest BCUT2D eigenvalue weighted by Crippen LogP contribution is 2.10. The monoisotopic (exact) mass is 289 g/mol. The molecule has 0 fully saturated rings. The number of ether oxygens (including phenoxy) is 3. The molecule has 0 aliphatic heterocycles. The van der Waals surface area contributed by atoms with Gasteiger partial charge in [0, 0.05) is 13.7 Å². The first kappa shape index (κ1) is 19.8. The Morgan fingerprint density at radius 1 is 0.850 bits per heavy atom. The van der Waals surface area contributed by atoms with Crippen molar-refractivity contribution >= 4 is 0 Å². The van der Waals surface area contributed by atoms with Gasteiger partial charge in [-0.05, 0) is 37.8 Å². The van der Waals surface area contributed by atoms with Crippen molar-refractivity contribution in [1.29, 1.82) is 0 Å². The van der Waals surface area contributed by atoms with Gasteiger partial charge < -0.3 is 19.5 Å². The van der Waals surface area contributed by atoms with Crippen molar-refractivity contribution in [3.05, 3.63) is 0 Å². The van der Waals surface area contributed by atoms with E-state index in [-0.39, 0.29) is 0 Å². The van der Waals surface area contributed by atoms with Crippen LogP contribution in [0.5, 0.6) is 0 Å². The number of rotatable bonds is 15. The molecule has 0 aliphatic carbocycles. The molecule has 1 N–H and O–H groups in total. The van der Waals surface area contributed by atoms with Crippen LogP contribution in [0.15, 0.2) is 0 Å². The fourth-order valence-corrected chi connectivity index (χ4v) is 2.05. The second-order valence-electron chi connectivity index (χ2n) is 5.71. The largest absolute Gasteiger partial charge is 0.382 e. The number of hydrogen-bond acceptors (Lipinski definition) is 4. The van der Waals surface area contributed by atoms with Gasteiger partial charge in [0.05, 0.1) is 26.4 Å². The average Bonchev–Trinajstić information content (AvgIpc) is 2.41. The van der Waals surface area contributed by atoms with Crippen molar-refractivity contribution in [2.24, 2.45) is 11.8 Å². The van der Waals surface area contributed by atoms with Gasteiger partial charge >= 0.3 is 0 Å². The fourth-order valence-electron chi connectivity index (χ4n) is 2.05. The standard InChI is InChI=1S/C16H35NO3/c1-5-6-16(14-17-13-15(2)3)7-8-19-11-12-20-10-9-18-4/h15-17H,5-14H2,1-4H3. The molecule has 1 unspecified atom stereocenters. The lowest BCUT2D eigenvalue weighted by Crippen LogP contribution is -2.27. The van der Waals surface area contributed by atoms with Crippen molar-refractivity contribution < 1.29 is 14.2 Å². The van der Waals surface area contributed by atoms with Gasteiger partial charge in [-0.2, -0.15) is 0 Å². The van der Waals surface area contributed by atoms with Crippen molar-refractivity contribution in [2.45, 2.75) is 40.0 Å². The maximum Gasteiger partial charge on any atom is 0.0701 e. The lowest BCUT2D eigenvalue weighted by atomic mass is 10.00. The summed E-state index contributed by atoms with van der Waals surface area (Å²) in [6.45, 7) is 12.4. The van der Waals surface area contributed by atoms with E-state index in [4.69, 9.17) is 14.2 Å². The normalized spacial score (nSPS) is 13.1. The Kier molecular flexibility index (Phi) is 15.1. The predicted octanol–water partition coefficient (Wildman–Crippen LogP) is 2.72. The lowest BCUT2D eigenvalue weighted by Gasteiger charge is -2.18. The Morgan fingerprint density at radius 2 is 1.50 bits per heavy atom. The molecule has 0 saturated carbocycles. The molecule has 0 aliphatic rings. The topological polar surface area (TPSA) is 39.7 Å². The minimum Gasteiger partial charge on any atom is -0.382 e. The van der Waals surface area contributed by atoms with Crippen molar-refractivity contribution in [3.63, 3.8) is 0 Å². The molecule has 0 radical (unpaired) electrons. The lowest BCUT2D eigenvalue weighted by molar-refractivity contribution is 0.0216. The number of hydrogen-bond donors (Lipinski definition) is 1.